The Kier molecular flexibility index (Phi) is 5.14. The second-order valence-corrected chi connectivity index (χ2v) is 6.05. The molecule has 0 aliphatic rings. The van der Waals surface area contributed by atoms with Crippen LogP contribution < -0.4 is 5.32 Å². The second kappa shape index (κ2) is 7.06. The average Bonchev–Trinajstić information content (AvgIpc) is 2.85. The van der Waals surface area contributed by atoms with Gasteiger partial charge in [-0.25, -0.2) is 9.78 Å². The Morgan fingerprint density at radius 2 is 2.00 bits per heavy atom. The van der Waals surface area contributed by atoms with Gasteiger partial charge < -0.3 is 14.6 Å². The number of aromatic nitrogens is 3. The van der Waals surface area contributed by atoms with E-state index in [1.807, 2.05) is 39.1 Å². The molecule has 6 nitrogen and oxygen atoms in total. The van der Waals surface area contributed by atoms with Gasteiger partial charge in [-0.05, 0) is 38.5 Å². The molecule has 0 unspecified atom stereocenters. The maximum atomic E-state index is 11.6. The molecular weight excluding hydrogens is 280 g/mol. The molecule has 0 aromatic carbocycles. The molecule has 118 valence electrons. The SMILES string of the molecule is CC(C)(C)OC(=O)NCCc1cncn1Cc1ccncc1. The Labute approximate surface area is 130 Å². The highest BCUT2D eigenvalue weighted by atomic mass is 16.6. The second-order valence-electron chi connectivity index (χ2n) is 6.05. The lowest BCUT2D eigenvalue weighted by Crippen LogP contribution is -2.33. The van der Waals surface area contributed by atoms with Crippen LogP contribution in [0.1, 0.15) is 32.0 Å². The van der Waals surface area contributed by atoms with Crippen molar-refractivity contribution in [2.24, 2.45) is 0 Å². The summed E-state index contributed by atoms with van der Waals surface area (Å²) in [6.45, 7) is 6.78. The summed E-state index contributed by atoms with van der Waals surface area (Å²) in [7, 11) is 0. The van der Waals surface area contributed by atoms with Crippen LogP contribution in [0.5, 0.6) is 0 Å². The first-order valence-corrected chi connectivity index (χ1v) is 7.29. The van der Waals surface area contributed by atoms with E-state index in [9.17, 15) is 4.79 Å². The third-order valence-corrected chi connectivity index (χ3v) is 2.95. The van der Waals surface area contributed by atoms with Crippen molar-refractivity contribution in [3.8, 4) is 0 Å². The highest BCUT2D eigenvalue weighted by Gasteiger charge is 2.15. The van der Waals surface area contributed by atoms with E-state index >= 15 is 0 Å². The van der Waals surface area contributed by atoms with E-state index in [1.165, 1.54) is 0 Å². The van der Waals surface area contributed by atoms with Crippen LogP contribution in [0, 0.1) is 0 Å². The van der Waals surface area contributed by atoms with E-state index in [0.717, 1.165) is 17.8 Å². The van der Waals surface area contributed by atoms with Crippen molar-refractivity contribution in [3.05, 3.63) is 48.3 Å². The smallest absolute Gasteiger partial charge is 0.407 e. The Balaban J connectivity index is 1.84. The summed E-state index contributed by atoms with van der Waals surface area (Å²) in [5.41, 5.74) is 1.75. The number of imidazole rings is 1. The van der Waals surface area contributed by atoms with Gasteiger partial charge in [-0.3, -0.25) is 4.98 Å². The minimum atomic E-state index is -0.479. The van der Waals surface area contributed by atoms with Gasteiger partial charge in [-0.2, -0.15) is 0 Å². The number of carbonyl (C=O) groups excluding carboxylic acids is 1. The summed E-state index contributed by atoms with van der Waals surface area (Å²) in [4.78, 5) is 19.8. The molecule has 2 heterocycles. The summed E-state index contributed by atoms with van der Waals surface area (Å²) in [6.07, 6.45) is 7.46. The number of nitrogens with one attached hydrogen (secondary N) is 1. The molecule has 0 saturated heterocycles. The zero-order valence-electron chi connectivity index (χ0n) is 13.2. The number of pyridine rings is 1. The van der Waals surface area contributed by atoms with E-state index in [2.05, 4.69) is 19.9 Å². The first kappa shape index (κ1) is 16.0. The van der Waals surface area contributed by atoms with Crippen molar-refractivity contribution in [1.82, 2.24) is 19.9 Å². The first-order valence-electron chi connectivity index (χ1n) is 7.29. The zero-order valence-corrected chi connectivity index (χ0v) is 13.2. The number of hydrogen-bond acceptors (Lipinski definition) is 4. The molecule has 0 radical (unpaired) electrons. The number of hydrogen-bond donors (Lipinski definition) is 1. The van der Waals surface area contributed by atoms with Gasteiger partial charge in [0.1, 0.15) is 5.60 Å². The van der Waals surface area contributed by atoms with Gasteiger partial charge in [0.15, 0.2) is 0 Å². The standard InChI is InChI=1S/C16H22N4O2/c1-16(2,3)22-15(21)19-9-6-14-10-18-12-20(14)11-13-4-7-17-8-5-13/h4-5,7-8,10,12H,6,9,11H2,1-3H3,(H,19,21). The lowest BCUT2D eigenvalue weighted by molar-refractivity contribution is 0.0528. The van der Waals surface area contributed by atoms with E-state index in [-0.39, 0.29) is 0 Å². The quantitative estimate of drug-likeness (QED) is 0.920. The number of amides is 1. The number of nitrogens with zero attached hydrogens (tertiary/aromatic N) is 3. The Morgan fingerprint density at radius 3 is 2.68 bits per heavy atom. The van der Waals surface area contributed by atoms with Crippen molar-refractivity contribution >= 4 is 6.09 Å². The summed E-state index contributed by atoms with van der Waals surface area (Å²) in [5, 5.41) is 2.76. The molecule has 0 fully saturated rings. The number of rotatable bonds is 5. The fourth-order valence-electron chi connectivity index (χ4n) is 1.99. The van der Waals surface area contributed by atoms with Crippen LogP contribution in [0.25, 0.3) is 0 Å². The van der Waals surface area contributed by atoms with Crippen LogP contribution in [0.4, 0.5) is 4.79 Å². The molecule has 0 bridgehead atoms. The predicted molar refractivity (Wildman–Crippen MR) is 83.5 cm³/mol. The maximum Gasteiger partial charge on any atom is 0.407 e. The van der Waals surface area contributed by atoms with Crippen molar-refractivity contribution in [3.63, 3.8) is 0 Å². The summed E-state index contributed by atoms with van der Waals surface area (Å²) < 4.78 is 7.27. The van der Waals surface area contributed by atoms with Gasteiger partial charge in [0.05, 0.1) is 6.33 Å². The topological polar surface area (TPSA) is 69.0 Å². The molecule has 6 heteroatoms. The van der Waals surface area contributed by atoms with Crippen LogP contribution in [-0.2, 0) is 17.7 Å². The van der Waals surface area contributed by atoms with Crippen molar-refractivity contribution in [2.75, 3.05) is 6.54 Å². The van der Waals surface area contributed by atoms with Crippen LogP contribution in [0.15, 0.2) is 37.1 Å². The minimum absolute atomic E-state index is 0.396. The summed E-state index contributed by atoms with van der Waals surface area (Å²) in [5.74, 6) is 0. The van der Waals surface area contributed by atoms with Crippen LogP contribution in [0.2, 0.25) is 0 Å². The Hall–Kier alpha value is -2.37. The van der Waals surface area contributed by atoms with Crippen molar-refractivity contribution < 1.29 is 9.53 Å². The molecule has 0 spiro atoms. The molecule has 0 aliphatic heterocycles. The highest BCUT2D eigenvalue weighted by Crippen LogP contribution is 2.07. The Bertz CT molecular complexity index is 602. The van der Waals surface area contributed by atoms with Crippen molar-refractivity contribution in [2.45, 2.75) is 39.3 Å². The van der Waals surface area contributed by atoms with Crippen LogP contribution in [0.3, 0.4) is 0 Å². The third kappa shape index (κ3) is 5.20. The molecule has 2 aromatic heterocycles. The number of carbonyl (C=O) groups is 1. The average molecular weight is 302 g/mol. The molecule has 0 aliphatic carbocycles. The molecule has 0 saturated carbocycles. The van der Waals surface area contributed by atoms with Gasteiger partial charge in [0.25, 0.3) is 0 Å². The third-order valence-electron chi connectivity index (χ3n) is 2.95. The fourth-order valence-corrected chi connectivity index (χ4v) is 1.99. The lowest BCUT2D eigenvalue weighted by Gasteiger charge is -2.19. The zero-order chi connectivity index (χ0) is 16.0. The molecule has 2 rings (SSSR count). The van der Waals surface area contributed by atoms with E-state index in [0.29, 0.717) is 13.0 Å². The van der Waals surface area contributed by atoms with Gasteiger partial charge in [-0.15, -0.1) is 0 Å². The minimum Gasteiger partial charge on any atom is -0.444 e. The number of alkyl carbamates (subject to hydrolysis) is 1. The molecule has 0 atom stereocenters. The Morgan fingerprint density at radius 1 is 1.27 bits per heavy atom. The summed E-state index contributed by atoms with van der Waals surface area (Å²) in [6, 6.07) is 3.95. The largest absolute Gasteiger partial charge is 0.444 e. The fraction of sp³-hybridized carbons (Fsp3) is 0.438. The normalized spacial score (nSPS) is 11.2. The monoisotopic (exact) mass is 302 g/mol. The number of ether oxygens (including phenoxy) is 1. The van der Waals surface area contributed by atoms with E-state index in [1.54, 1.807) is 18.7 Å². The van der Waals surface area contributed by atoms with Gasteiger partial charge in [0.2, 0.25) is 0 Å². The molecular formula is C16H22N4O2. The lowest BCUT2D eigenvalue weighted by atomic mass is 10.2. The van der Waals surface area contributed by atoms with Gasteiger partial charge in [0, 0.05) is 43.8 Å². The van der Waals surface area contributed by atoms with Crippen molar-refractivity contribution in [1.29, 1.82) is 0 Å². The van der Waals surface area contributed by atoms with Gasteiger partial charge in [-0.1, -0.05) is 0 Å². The molecule has 22 heavy (non-hydrogen) atoms. The van der Waals surface area contributed by atoms with Crippen LogP contribution >= 0.6 is 0 Å². The van der Waals surface area contributed by atoms with Crippen LogP contribution in [-0.4, -0.2) is 32.8 Å². The molecule has 1 N–H and O–H groups in total. The maximum absolute atomic E-state index is 11.6. The molecule has 1 amide bonds. The predicted octanol–water partition coefficient (Wildman–Crippen LogP) is 2.39. The highest BCUT2D eigenvalue weighted by molar-refractivity contribution is 5.67. The summed E-state index contributed by atoms with van der Waals surface area (Å²) >= 11 is 0. The molecule has 2 aromatic rings. The van der Waals surface area contributed by atoms with E-state index in [4.69, 9.17) is 4.74 Å². The van der Waals surface area contributed by atoms with E-state index < -0.39 is 11.7 Å². The van der Waals surface area contributed by atoms with Gasteiger partial charge >= 0.3 is 6.09 Å². The first-order chi connectivity index (χ1) is 10.4.